The number of hydrogen-bond donors (Lipinski definition) is 1. The fraction of sp³-hybridized carbons (Fsp3) is 0.800. The second-order valence-electron chi connectivity index (χ2n) is 6.07. The zero-order chi connectivity index (χ0) is 13.8. The maximum Gasteiger partial charge on any atom is 0.204 e. The van der Waals surface area contributed by atoms with Gasteiger partial charge in [-0.2, -0.15) is 0 Å². The van der Waals surface area contributed by atoms with E-state index in [2.05, 4.69) is 28.8 Å². The van der Waals surface area contributed by atoms with Crippen LogP contribution in [0.5, 0.6) is 0 Å². The molecule has 1 aromatic rings. The van der Waals surface area contributed by atoms with Crippen molar-refractivity contribution in [1.82, 2.24) is 14.9 Å². The minimum absolute atomic E-state index is 0.609. The number of anilines is 1. The van der Waals surface area contributed by atoms with Gasteiger partial charge >= 0.3 is 0 Å². The minimum Gasteiger partial charge on any atom is -0.348 e. The largest absolute Gasteiger partial charge is 0.348 e. The molecule has 0 saturated heterocycles. The van der Waals surface area contributed by atoms with Crippen LogP contribution >= 0.6 is 0 Å². The number of rotatable bonds is 5. The molecule has 2 rings (SSSR count). The van der Waals surface area contributed by atoms with Gasteiger partial charge in [-0.05, 0) is 25.7 Å². The second-order valence-corrected chi connectivity index (χ2v) is 6.07. The molecule has 1 heterocycles. The Morgan fingerprint density at radius 3 is 2.63 bits per heavy atom. The average Bonchev–Trinajstić information content (AvgIpc) is 2.78. The van der Waals surface area contributed by atoms with Crippen LogP contribution in [0.15, 0.2) is 6.20 Å². The van der Waals surface area contributed by atoms with E-state index in [4.69, 9.17) is 0 Å². The van der Waals surface area contributed by atoms with Gasteiger partial charge in [0, 0.05) is 33.7 Å². The molecular formula is C15H28N4. The highest BCUT2D eigenvalue weighted by Crippen LogP contribution is 2.26. The van der Waals surface area contributed by atoms with Gasteiger partial charge in [0.25, 0.3) is 0 Å². The lowest BCUT2D eigenvalue weighted by molar-refractivity contribution is 0.279. The summed E-state index contributed by atoms with van der Waals surface area (Å²) in [6.45, 7) is 3.24. The first-order valence-corrected chi connectivity index (χ1v) is 7.51. The van der Waals surface area contributed by atoms with Gasteiger partial charge in [-0.1, -0.05) is 19.3 Å². The summed E-state index contributed by atoms with van der Waals surface area (Å²) in [5.74, 6) is 1.87. The zero-order valence-corrected chi connectivity index (χ0v) is 12.8. The Labute approximate surface area is 117 Å². The Morgan fingerprint density at radius 1 is 1.37 bits per heavy atom. The lowest BCUT2D eigenvalue weighted by atomic mass is 9.84. The van der Waals surface area contributed by atoms with Gasteiger partial charge < -0.3 is 14.8 Å². The summed E-state index contributed by atoms with van der Waals surface area (Å²) in [7, 11) is 6.15. The number of aromatic nitrogens is 2. The molecule has 0 aromatic carbocycles. The first kappa shape index (κ1) is 14.4. The monoisotopic (exact) mass is 264 g/mol. The molecule has 4 nitrogen and oxygen atoms in total. The molecule has 0 amide bonds. The summed E-state index contributed by atoms with van der Waals surface area (Å²) < 4.78 is 2.17. The third-order valence-corrected chi connectivity index (χ3v) is 4.42. The minimum atomic E-state index is 0.609. The van der Waals surface area contributed by atoms with Gasteiger partial charge in [0.2, 0.25) is 5.95 Å². The molecule has 1 unspecified atom stereocenters. The topological polar surface area (TPSA) is 33.1 Å². The molecule has 1 fully saturated rings. The number of hydrogen-bond acceptors (Lipinski definition) is 3. The zero-order valence-electron chi connectivity index (χ0n) is 12.8. The van der Waals surface area contributed by atoms with Crippen molar-refractivity contribution in [2.45, 2.75) is 51.6 Å². The van der Waals surface area contributed by atoms with Crippen LogP contribution in [0.25, 0.3) is 0 Å². The maximum atomic E-state index is 4.45. The molecule has 1 aliphatic rings. The third-order valence-electron chi connectivity index (χ3n) is 4.42. The van der Waals surface area contributed by atoms with Crippen molar-refractivity contribution in [1.29, 1.82) is 0 Å². The molecule has 19 heavy (non-hydrogen) atoms. The van der Waals surface area contributed by atoms with Gasteiger partial charge in [-0.3, -0.25) is 0 Å². The highest BCUT2D eigenvalue weighted by Gasteiger charge is 2.20. The van der Waals surface area contributed by atoms with E-state index in [-0.39, 0.29) is 0 Å². The Hall–Kier alpha value is -1.03. The molecule has 0 bridgehead atoms. The third kappa shape index (κ3) is 3.50. The van der Waals surface area contributed by atoms with Gasteiger partial charge in [-0.15, -0.1) is 0 Å². The maximum absolute atomic E-state index is 4.45. The highest BCUT2D eigenvalue weighted by atomic mass is 15.3. The summed E-state index contributed by atoms with van der Waals surface area (Å²) in [5, 5.41) is 3.68. The molecule has 0 aliphatic heterocycles. The van der Waals surface area contributed by atoms with E-state index in [1.165, 1.54) is 37.8 Å². The average molecular weight is 264 g/mol. The summed E-state index contributed by atoms with van der Waals surface area (Å²) in [6.07, 6.45) is 9.01. The molecule has 108 valence electrons. The molecule has 1 atom stereocenters. The number of nitrogens with zero attached hydrogens (tertiary/aromatic N) is 3. The van der Waals surface area contributed by atoms with Crippen LogP contribution < -0.4 is 10.2 Å². The quantitative estimate of drug-likeness (QED) is 0.887. The Bertz CT molecular complexity index is 391. The summed E-state index contributed by atoms with van der Waals surface area (Å²) in [4.78, 5) is 6.50. The molecule has 0 radical (unpaired) electrons. The Kier molecular flexibility index (Phi) is 4.86. The van der Waals surface area contributed by atoms with Crippen molar-refractivity contribution < 1.29 is 0 Å². The summed E-state index contributed by atoms with van der Waals surface area (Å²) in [6, 6.07) is 0.609. The molecule has 1 aromatic heterocycles. The lowest BCUT2D eigenvalue weighted by Gasteiger charge is -2.28. The standard InChI is InChI=1S/C15H28N4/c1-12(13-8-6-5-7-9-13)16-10-14-11-17-15(18(2)3)19(14)4/h11-13,16H,5-10H2,1-4H3. The van der Waals surface area contributed by atoms with Gasteiger partial charge in [0.15, 0.2) is 0 Å². The van der Waals surface area contributed by atoms with Crippen molar-refractivity contribution in [3.63, 3.8) is 0 Å². The van der Waals surface area contributed by atoms with Gasteiger partial charge in [0.1, 0.15) is 0 Å². The van der Waals surface area contributed by atoms with Crippen LogP contribution in [0.4, 0.5) is 5.95 Å². The SMILES string of the molecule is CC(NCc1cnc(N(C)C)n1C)C1CCCCC1. The van der Waals surface area contributed by atoms with Crippen molar-refractivity contribution in [2.75, 3.05) is 19.0 Å². The van der Waals surface area contributed by atoms with Crippen LogP contribution in [-0.2, 0) is 13.6 Å². The van der Waals surface area contributed by atoms with E-state index in [1.807, 2.05) is 25.2 Å². The number of imidazole rings is 1. The Morgan fingerprint density at radius 2 is 2.05 bits per heavy atom. The normalized spacial score (nSPS) is 18.5. The van der Waals surface area contributed by atoms with Crippen molar-refractivity contribution >= 4 is 5.95 Å². The molecule has 4 heteroatoms. The summed E-state index contributed by atoms with van der Waals surface area (Å²) in [5.41, 5.74) is 1.26. The first-order valence-electron chi connectivity index (χ1n) is 7.51. The van der Waals surface area contributed by atoms with Crippen molar-refractivity contribution in [3.05, 3.63) is 11.9 Å². The van der Waals surface area contributed by atoms with E-state index in [0.717, 1.165) is 18.4 Å². The van der Waals surface area contributed by atoms with E-state index in [1.54, 1.807) is 0 Å². The molecule has 1 saturated carbocycles. The van der Waals surface area contributed by atoms with E-state index >= 15 is 0 Å². The second kappa shape index (κ2) is 6.42. The first-order chi connectivity index (χ1) is 9.09. The molecule has 1 aliphatic carbocycles. The molecular weight excluding hydrogens is 236 g/mol. The van der Waals surface area contributed by atoms with E-state index in [9.17, 15) is 0 Å². The summed E-state index contributed by atoms with van der Waals surface area (Å²) >= 11 is 0. The van der Waals surface area contributed by atoms with Crippen LogP contribution in [0.1, 0.15) is 44.7 Å². The molecule has 0 spiro atoms. The van der Waals surface area contributed by atoms with E-state index < -0.39 is 0 Å². The Balaban J connectivity index is 1.87. The van der Waals surface area contributed by atoms with E-state index in [0.29, 0.717) is 6.04 Å². The van der Waals surface area contributed by atoms with Crippen molar-refractivity contribution in [3.8, 4) is 0 Å². The lowest BCUT2D eigenvalue weighted by Crippen LogP contribution is -2.34. The van der Waals surface area contributed by atoms with Crippen LogP contribution in [-0.4, -0.2) is 29.7 Å². The van der Waals surface area contributed by atoms with Crippen molar-refractivity contribution in [2.24, 2.45) is 13.0 Å². The number of nitrogens with one attached hydrogen (secondary N) is 1. The smallest absolute Gasteiger partial charge is 0.204 e. The predicted molar refractivity (Wildman–Crippen MR) is 80.4 cm³/mol. The fourth-order valence-electron chi connectivity index (χ4n) is 3.08. The van der Waals surface area contributed by atoms with Crippen LogP contribution in [0.2, 0.25) is 0 Å². The highest BCUT2D eigenvalue weighted by molar-refractivity contribution is 5.30. The molecule has 1 N–H and O–H groups in total. The predicted octanol–water partition coefficient (Wildman–Crippen LogP) is 2.54. The fourth-order valence-corrected chi connectivity index (χ4v) is 3.08. The van der Waals surface area contributed by atoms with Crippen LogP contribution in [0, 0.1) is 5.92 Å². The van der Waals surface area contributed by atoms with Crippen LogP contribution in [0.3, 0.4) is 0 Å². The van der Waals surface area contributed by atoms with Gasteiger partial charge in [-0.25, -0.2) is 4.98 Å². The van der Waals surface area contributed by atoms with Gasteiger partial charge in [0.05, 0.1) is 11.9 Å².